The number of aryl methyl sites for hydroxylation is 4. The lowest BCUT2D eigenvalue weighted by atomic mass is 9.67. The molecule has 6 heteroatoms. The van der Waals surface area contributed by atoms with Crippen LogP contribution in [0, 0.1) is 27.7 Å². The number of hydrogen-bond donors (Lipinski definition) is 0. The van der Waals surface area contributed by atoms with Crippen molar-refractivity contribution in [3.05, 3.63) is 105 Å². The monoisotopic (exact) mass is 436 g/mol. The highest BCUT2D eigenvalue weighted by Crippen LogP contribution is 2.52. The highest BCUT2D eigenvalue weighted by atomic mass is 19.4. The van der Waals surface area contributed by atoms with Crippen LogP contribution in [0.4, 0.5) is 26.3 Å². The minimum atomic E-state index is -4.90. The zero-order valence-electron chi connectivity index (χ0n) is 17.5. The topological polar surface area (TPSA) is 0 Å². The second-order valence-corrected chi connectivity index (χ2v) is 7.92. The zero-order valence-corrected chi connectivity index (χ0v) is 17.5. The molecule has 0 heterocycles. The molecule has 0 spiro atoms. The molecule has 3 aromatic carbocycles. The molecular weight excluding hydrogens is 414 g/mol. The fourth-order valence-corrected chi connectivity index (χ4v) is 3.87. The van der Waals surface area contributed by atoms with E-state index in [1.54, 1.807) is 39.8 Å². The number of hydrogen-bond acceptors (Lipinski definition) is 0. The van der Waals surface area contributed by atoms with E-state index in [1.807, 2.05) is 0 Å². The van der Waals surface area contributed by atoms with Crippen LogP contribution in [-0.2, 0) is 11.6 Å². The minimum absolute atomic E-state index is 0.120. The predicted octanol–water partition coefficient (Wildman–Crippen LogP) is 7.84. The average Bonchev–Trinajstić information content (AvgIpc) is 2.66. The molecule has 0 aromatic heterocycles. The van der Waals surface area contributed by atoms with Crippen molar-refractivity contribution >= 4 is 0 Å². The summed E-state index contributed by atoms with van der Waals surface area (Å²) in [5.74, 6) is 0. The van der Waals surface area contributed by atoms with E-state index in [2.05, 4.69) is 0 Å². The van der Waals surface area contributed by atoms with Gasteiger partial charge in [-0.25, -0.2) is 0 Å². The van der Waals surface area contributed by atoms with Gasteiger partial charge in [0.15, 0.2) is 0 Å². The highest BCUT2D eigenvalue weighted by molar-refractivity contribution is 5.55. The van der Waals surface area contributed by atoms with E-state index in [0.29, 0.717) is 17.2 Å². The van der Waals surface area contributed by atoms with Crippen LogP contribution in [0.25, 0.3) is 0 Å². The van der Waals surface area contributed by atoms with Gasteiger partial charge in [0.1, 0.15) is 5.41 Å². The SMILES string of the molecule is Cc1ccc(C(c2cccc(C(F)(F)F)c2)(c2ccc(C)c(C)c2)C(F)(F)F)cc1C. The Morgan fingerprint density at radius 1 is 0.484 bits per heavy atom. The molecule has 164 valence electrons. The molecule has 0 radical (unpaired) electrons. The molecule has 0 saturated heterocycles. The lowest BCUT2D eigenvalue weighted by molar-refractivity contribution is -0.167. The fraction of sp³-hybridized carbons (Fsp3) is 0.280. The van der Waals surface area contributed by atoms with E-state index in [1.165, 1.54) is 24.3 Å². The second-order valence-electron chi connectivity index (χ2n) is 7.92. The first kappa shape index (κ1) is 22.9. The molecule has 0 unspecified atom stereocenters. The molecule has 31 heavy (non-hydrogen) atoms. The van der Waals surface area contributed by atoms with Gasteiger partial charge < -0.3 is 0 Å². The minimum Gasteiger partial charge on any atom is -0.169 e. The summed E-state index contributed by atoms with van der Waals surface area (Å²) in [7, 11) is 0. The molecule has 0 amide bonds. The molecular formula is C25H22F6. The highest BCUT2D eigenvalue weighted by Gasteiger charge is 2.58. The summed E-state index contributed by atoms with van der Waals surface area (Å²) in [6, 6.07) is 12.2. The smallest absolute Gasteiger partial charge is 0.169 e. The summed E-state index contributed by atoms with van der Waals surface area (Å²) in [4.78, 5) is 0. The zero-order chi connectivity index (χ0) is 23.2. The maximum atomic E-state index is 15.0. The van der Waals surface area contributed by atoms with Crippen molar-refractivity contribution < 1.29 is 26.3 Å². The summed E-state index contributed by atoms with van der Waals surface area (Å²) in [5.41, 5.74) is -1.74. The van der Waals surface area contributed by atoms with Crippen molar-refractivity contribution in [2.24, 2.45) is 0 Å². The summed E-state index contributed by atoms with van der Waals surface area (Å²) in [6.45, 7) is 6.92. The molecule has 0 fully saturated rings. The standard InChI is InChI=1S/C25H22F6/c1-15-8-10-20(12-17(15)3)23(25(29,30)31,21-11-9-16(2)18(4)13-21)19-6-5-7-22(14-19)24(26,27)28/h5-14H,1-4H3. The maximum Gasteiger partial charge on any atom is 0.416 e. The van der Waals surface area contributed by atoms with E-state index in [0.717, 1.165) is 29.3 Å². The van der Waals surface area contributed by atoms with Crippen LogP contribution in [0.2, 0.25) is 0 Å². The largest absolute Gasteiger partial charge is 0.416 e. The van der Waals surface area contributed by atoms with Crippen molar-refractivity contribution in [2.45, 2.75) is 45.5 Å². The third-order valence-electron chi connectivity index (χ3n) is 5.93. The molecule has 3 aromatic rings. The van der Waals surface area contributed by atoms with E-state index in [9.17, 15) is 13.2 Å². The lowest BCUT2D eigenvalue weighted by Crippen LogP contribution is -2.45. The number of alkyl halides is 6. The Morgan fingerprint density at radius 2 is 0.903 bits per heavy atom. The van der Waals surface area contributed by atoms with Crippen LogP contribution >= 0.6 is 0 Å². The van der Waals surface area contributed by atoms with Gasteiger partial charge in [0, 0.05) is 0 Å². The van der Waals surface area contributed by atoms with Gasteiger partial charge in [-0.05, 0) is 72.7 Å². The molecule has 0 aliphatic rings. The predicted molar refractivity (Wildman–Crippen MR) is 109 cm³/mol. The first-order chi connectivity index (χ1) is 14.3. The van der Waals surface area contributed by atoms with E-state index in [4.69, 9.17) is 0 Å². The third kappa shape index (κ3) is 3.95. The molecule has 0 atom stereocenters. The van der Waals surface area contributed by atoms with Gasteiger partial charge in [-0.15, -0.1) is 0 Å². The Balaban J connectivity index is 2.49. The Morgan fingerprint density at radius 3 is 1.29 bits per heavy atom. The van der Waals surface area contributed by atoms with Gasteiger partial charge in [-0.1, -0.05) is 54.6 Å². The van der Waals surface area contributed by atoms with Gasteiger partial charge in [-0.2, -0.15) is 26.3 Å². The van der Waals surface area contributed by atoms with E-state index >= 15 is 13.2 Å². The Hall–Kier alpha value is -2.76. The quantitative estimate of drug-likeness (QED) is 0.290. The first-order valence-electron chi connectivity index (χ1n) is 9.68. The molecule has 0 aliphatic heterocycles. The van der Waals surface area contributed by atoms with Crippen LogP contribution in [0.3, 0.4) is 0 Å². The van der Waals surface area contributed by atoms with Gasteiger partial charge in [0.05, 0.1) is 5.56 Å². The van der Waals surface area contributed by atoms with Gasteiger partial charge in [0.2, 0.25) is 0 Å². The van der Waals surface area contributed by atoms with Crippen molar-refractivity contribution in [1.29, 1.82) is 0 Å². The van der Waals surface area contributed by atoms with Gasteiger partial charge in [0.25, 0.3) is 0 Å². The van der Waals surface area contributed by atoms with Gasteiger partial charge >= 0.3 is 12.4 Å². The van der Waals surface area contributed by atoms with Crippen LogP contribution in [0.15, 0.2) is 60.7 Å². The molecule has 0 saturated carbocycles. The summed E-state index contributed by atoms with van der Waals surface area (Å²) in [5, 5.41) is 0. The molecule has 0 nitrogen and oxygen atoms in total. The van der Waals surface area contributed by atoms with Gasteiger partial charge in [-0.3, -0.25) is 0 Å². The summed E-state index contributed by atoms with van der Waals surface area (Å²) in [6.07, 6.45) is -9.67. The van der Waals surface area contributed by atoms with Crippen molar-refractivity contribution in [3.63, 3.8) is 0 Å². The lowest BCUT2D eigenvalue weighted by Gasteiger charge is -2.38. The maximum absolute atomic E-state index is 15.0. The van der Waals surface area contributed by atoms with E-state index < -0.39 is 28.9 Å². The van der Waals surface area contributed by atoms with Crippen LogP contribution in [0.5, 0.6) is 0 Å². The summed E-state index contributed by atoms with van der Waals surface area (Å²) < 4.78 is 85.4. The normalized spacial score (nSPS) is 12.8. The Labute approximate surface area is 177 Å². The number of halogens is 6. The summed E-state index contributed by atoms with van der Waals surface area (Å²) >= 11 is 0. The third-order valence-corrected chi connectivity index (χ3v) is 5.93. The van der Waals surface area contributed by atoms with Crippen molar-refractivity contribution in [1.82, 2.24) is 0 Å². The second kappa shape index (κ2) is 7.74. The average molecular weight is 436 g/mol. The van der Waals surface area contributed by atoms with Crippen molar-refractivity contribution in [3.8, 4) is 0 Å². The van der Waals surface area contributed by atoms with E-state index in [-0.39, 0.29) is 11.1 Å². The van der Waals surface area contributed by atoms with Crippen LogP contribution in [-0.4, -0.2) is 6.18 Å². The molecule has 0 bridgehead atoms. The molecule has 0 N–H and O–H groups in total. The fourth-order valence-electron chi connectivity index (χ4n) is 3.87. The molecule has 3 rings (SSSR count). The van der Waals surface area contributed by atoms with Crippen LogP contribution in [0.1, 0.15) is 44.5 Å². The molecule has 0 aliphatic carbocycles. The Kier molecular flexibility index (Phi) is 5.72. The van der Waals surface area contributed by atoms with Crippen LogP contribution < -0.4 is 0 Å². The van der Waals surface area contributed by atoms with Crippen molar-refractivity contribution in [2.75, 3.05) is 0 Å². The first-order valence-corrected chi connectivity index (χ1v) is 9.68. The Bertz CT molecular complexity index is 1050. The number of rotatable bonds is 3. The number of benzene rings is 3.